The van der Waals surface area contributed by atoms with Gasteiger partial charge in [0.2, 0.25) is 5.91 Å². The van der Waals surface area contributed by atoms with Gasteiger partial charge in [-0.05, 0) is 57.2 Å². The Morgan fingerprint density at radius 3 is 2.92 bits per heavy atom. The summed E-state index contributed by atoms with van der Waals surface area (Å²) in [6, 6.07) is 8.85. The van der Waals surface area contributed by atoms with Crippen molar-refractivity contribution < 1.29 is 4.79 Å². The number of hydrogen-bond acceptors (Lipinski definition) is 4. The van der Waals surface area contributed by atoms with Crippen molar-refractivity contribution in [1.29, 1.82) is 0 Å². The van der Waals surface area contributed by atoms with Crippen molar-refractivity contribution in [2.45, 2.75) is 57.4 Å². The van der Waals surface area contributed by atoms with E-state index in [2.05, 4.69) is 41.0 Å². The number of rotatable bonds is 4. The summed E-state index contributed by atoms with van der Waals surface area (Å²) in [7, 11) is 0. The van der Waals surface area contributed by atoms with E-state index in [1.165, 1.54) is 29.0 Å². The van der Waals surface area contributed by atoms with Gasteiger partial charge in [-0.25, -0.2) is 4.98 Å². The molecule has 5 heteroatoms. The van der Waals surface area contributed by atoms with Crippen molar-refractivity contribution in [1.82, 2.24) is 14.8 Å². The van der Waals surface area contributed by atoms with E-state index in [1.54, 1.807) is 0 Å². The number of likely N-dealkylation sites (tertiary alicyclic amines) is 2. The van der Waals surface area contributed by atoms with Crippen LogP contribution in [0.4, 0.5) is 0 Å². The third-order valence-electron chi connectivity index (χ3n) is 5.94. The molecule has 0 saturated carbocycles. The van der Waals surface area contributed by atoms with E-state index in [9.17, 15) is 4.79 Å². The first-order valence-corrected chi connectivity index (χ1v) is 10.9. The molecule has 140 valence electrons. The van der Waals surface area contributed by atoms with Gasteiger partial charge in [0.05, 0.1) is 21.8 Å². The van der Waals surface area contributed by atoms with Crippen molar-refractivity contribution in [2.75, 3.05) is 26.2 Å². The second-order valence-corrected chi connectivity index (χ2v) is 8.80. The van der Waals surface area contributed by atoms with E-state index in [4.69, 9.17) is 4.98 Å². The van der Waals surface area contributed by atoms with Crippen LogP contribution in [0.2, 0.25) is 0 Å². The topological polar surface area (TPSA) is 36.4 Å². The molecular weight excluding hydrogens is 342 g/mol. The number of para-hydroxylation sites is 1. The van der Waals surface area contributed by atoms with Gasteiger partial charge >= 0.3 is 0 Å². The molecule has 1 aromatic heterocycles. The maximum atomic E-state index is 12.9. The standard InChI is InChI=1S/C21H29N3OS/c1-2-17-9-5-6-13-24(17)20(25)15-23-12-7-8-16(14-23)21-22-18-10-3-4-11-19(18)26-21/h3-4,10-11,16-17H,2,5-9,12-15H2,1H3/t16-,17+/m0/s1. The normalized spacial score (nSPS) is 24.9. The number of amides is 1. The number of fused-ring (bicyclic) bond motifs is 1. The fraction of sp³-hybridized carbons (Fsp3) is 0.619. The van der Waals surface area contributed by atoms with Crippen LogP contribution in [0.3, 0.4) is 0 Å². The van der Waals surface area contributed by atoms with E-state index < -0.39 is 0 Å². The van der Waals surface area contributed by atoms with E-state index in [0.29, 0.717) is 24.4 Å². The van der Waals surface area contributed by atoms with Crippen LogP contribution in [0.15, 0.2) is 24.3 Å². The lowest BCUT2D eigenvalue weighted by atomic mass is 9.98. The van der Waals surface area contributed by atoms with E-state index >= 15 is 0 Å². The van der Waals surface area contributed by atoms with Gasteiger partial charge in [-0.15, -0.1) is 11.3 Å². The van der Waals surface area contributed by atoms with Gasteiger partial charge < -0.3 is 4.90 Å². The van der Waals surface area contributed by atoms with Crippen molar-refractivity contribution in [3.05, 3.63) is 29.3 Å². The van der Waals surface area contributed by atoms with Crippen molar-refractivity contribution >= 4 is 27.5 Å². The van der Waals surface area contributed by atoms with Crippen LogP contribution in [0, 0.1) is 0 Å². The number of piperidine rings is 2. The molecule has 2 aliphatic heterocycles. The highest BCUT2D eigenvalue weighted by Gasteiger charge is 2.29. The number of nitrogens with zero attached hydrogens (tertiary/aromatic N) is 3. The van der Waals surface area contributed by atoms with Crippen LogP contribution >= 0.6 is 11.3 Å². The summed E-state index contributed by atoms with van der Waals surface area (Å²) >= 11 is 1.82. The average Bonchev–Trinajstić information content (AvgIpc) is 3.12. The monoisotopic (exact) mass is 371 g/mol. The summed E-state index contributed by atoms with van der Waals surface area (Å²) in [5.41, 5.74) is 1.11. The van der Waals surface area contributed by atoms with E-state index in [-0.39, 0.29) is 0 Å². The largest absolute Gasteiger partial charge is 0.339 e. The Hall–Kier alpha value is -1.46. The predicted molar refractivity (Wildman–Crippen MR) is 108 cm³/mol. The maximum absolute atomic E-state index is 12.9. The van der Waals surface area contributed by atoms with Crippen LogP contribution in [-0.2, 0) is 4.79 Å². The Morgan fingerprint density at radius 1 is 1.19 bits per heavy atom. The van der Waals surface area contributed by atoms with Crippen LogP contribution in [0.25, 0.3) is 10.2 Å². The molecule has 2 saturated heterocycles. The van der Waals surface area contributed by atoms with Gasteiger partial charge in [-0.2, -0.15) is 0 Å². The molecule has 2 aliphatic rings. The molecule has 26 heavy (non-hydrogen) atoms. The summed E-state index contributed by atoms with van der Waals surface area (Å²) < 4.78 is 1.27. The van der Waals surface area contributed by atoms with Crippen LogP contribution in [0.1, 0.15) is 56.4 Å². The van der Waals surface area contributed by atoms with Crippen molar-refractivity contribution in [3.8, 4) is 0 Å². The lowest BCUT2D eigenvalue weighted by Crippen LogP contribution is -2.49. The zero-order valence-corrected chi connectivity index (χ0v) is 16.5. The molecule has 0 radical (unpaired) electrons. The third-order valence-corrected chi connectivity index (χ3v) is 7.14. The molecule has 0 N–H and O–H groups in total. The molecule has 4 nitrogen and oxygen atoms in total. The SMILES string of the molecule is CC[C@@H]1CCCCN1C(=O)CN1CCC[C@H](c2nc3ccccc3s2)C1. The first-order chi connectivity index (χ1) is 12.7. The number of hydrogen-bond donors (Lipinski definition) is 0. The summed E-state index contributed by atoms with van der Waals surface area (Å²) in [4.78, 5) is 22.3. The van der Waals surface area contributed by atoms with Gasteiger partial charge in [0.15, 0.2) is 0 Å². The van der Waals surface area contributed by atoms with Gasteiger partial charge in [0.1, 0.15) is 0 Å². The fourth-order valence-electron chi connectivity index (χ4n) is 4.50. The Labute approximate surface area is 160 Å². The maximum Gasteiger partial charge on any atom is 0.236 e. The highest BCUT2D eigenvalue weighted by Crippen LogP contribution is 2.33. The molecule has 0 bridgehead atoms. The first-order valence-electron chi connectivity index (χ1n) is 10.1. The average molecular weight is 372 g/mol. The molecular formula is C21H29N3OS. The van der Waals surface area contributed by atoms with Crippen molar-refractivity contribution in [2.24, 2.45) is 0 Å². The molecule has 1 aromatic carbocycles. The summed E-state index contributed by atoms with van der Waals surface area (Å²) in [6.45, 7) is 5.75. The lowest BCUT2D eigenvalue weighted by Gasteiger charge is -2.38. The lowest BCUT2D eigenvalue weighted by molar-refractivity contribution is -0.136. The molecule has 0 spiro atoms. The van der Waals surface area contributed by atoms with E-state index in [1.807, 2.05) is 11.3 Å². The van der Waals surface area contributed by atoms with E-state index in [0.717, 1.165) is 44.4 Å². The van der Waals surface area contributed by atoms with Gasteiger partial charge in [-0.1, -0.05) is 19.1 Å². The number of aromatic nitrogens is 1. The summed E-state index contributed by atoms with van der Waals surface area (Å²) in [5, 5.41) is 1.24. The predicted octanol–water partition coefficient (Wildman–Crippen LogP) is 4.27. The van der Waals surface area contributed by atoms with Gasteiger partial charge in [0, 0.05) is 25.0 Å². The molecule has 2 aromatic rings. The second kappa shape index (κ2) is 8.05. The highest BCUT2D eigenvalue weighted by molar-refractivity contribution is 7.18. The highest BCUT2D eigenvalue weighted by atomic mass is 32.1. The minimum atomic E-state index is 0.335. The van der Waals surface area contributed by atoms with Crippen LogP contribution in [0.5, 0.6) is 0 Å². The van der Waals surface area contributed by atoms with Gasteiger partial charge in [0.25, 0.3) is 0 Å². The zero-order valence-electron chi connectivity index (χ0n) is 15.7. The zero-order chi connectivity index (χ0) is 17.9. The number of thiazole rings is 1. The van der Waals surface area contributed by atoms with Crippen LogP contribution < -0.4 is 0 Å². The molecule has 3 heterocycles. The third kappa shape index (κ3) is 3.79. The van der Waals surface area contributed by atoms with Gasteiger partial charge in [-0.3, -0.25) is 9.69 Å². The fourth-order valence-corrected chi connectivity index (χ4v) is 5.59. The Morgan fingerprint density at radius 2 is 2.08 bits per heavy atom. The molecule has 0 unspecified atom stereocenters. The van der Waals surface area contributed by atoms with Crippen LogP contribution in [-0.4, -0.2) is 52.9 Å². The summed E-state index contributed by atoms with van der Waals surface area (Å²) in [6.07, 6.45) is 7.04. The Bertz CT molecular complexity index is 726. The number of carbonyl (C=O) groups excluding carboxylic acids is 1. The molecule has 1 amide bonds. The smallest absolute Gasteiger partial charge is 0.236 e. The summed E-state index contributed by atoms with van der Waals surface area (Å²) in [5.74, 6) is 0.804. The molecule has 2 atom stereocenters. The second-order valence-electron chi connectivity index (χ2n) is 7.74. The number of carbonyl (C=O) groups is 1. The quantitative estimate of drug-likeness (QED) is 0.805. The number of benzene rings is 1. The molecule has 4 rings (SSSR count). The van der Waals surface area contributed by atoms with Crippen molar-refractivity contribution in [3.63, 3.8) is 0 Å². The molecule has 2 fully saturated rings. The first kappa shape index (κ1) is 17.9. The Kier molecular flexibility index (Phi) is 5.55. The minimum absolute atomic E-state index is 0.335. The Balaban J connectivity index is 1.41. The molecule has 0 aliphatic carbocycles. The minimum Gasteiger partial charge on any atom is -0.339 e.